The highest BCUT2D eigenvalue weighted by atomic mass is 19.2. The predicted molar refractivity (Wildman–Crippen MR) is 50.4 cm³/mol. The number of ether oxygens (including phenoxy) is 1. The summed E-state index contributed by atoms with van der Waals surface area (Å²) in [5.41, 5.74) is 0. The van der Waals surface area contributed by atoms with Crippen LogP contribution in [0.3, 0.4) is 0 Å². The lowest BCUT2D eigenvalue weighted by atomic mass is 10.3. The second-order valence-corrected chi connectivity index (χ2v) is 2.75. The molecule has 0 aromatic heterocycles. The minimum atomic E-state index is -0.927. The lowest BCUT2D eigenvalue weighted by molar-refractivity contribution is 0.294. The van der Waals surface area contributed by atoms with Crippen LogP contribution in [0.1, 0.15) is 6.92 Å². The lowest BCUT2D eigenvalue weighted by Gasteiger charge is -2.07. The molecule has 0 fully saturated rings. The Balaban J connectivity index is 2.46. The summed E-state index contributed by atoms with van der Waals surface area (Å²) in [5.74, 6) is -1.85. The number of nitrogens with one attached hydrogen (secondary N) is 1. The van der Waals surface area contributed by atoms with Gasteiger partial charge in [-0.05, 0) is 18.7 Å². The summed E-state index contributed by atoms with van der Waals surface area (Å²) in [6, 6.07) is 3.89. The maximum atomic E-state index is 13.0. The average molecular weight is 201 g/mol. The van der Waals surface area contributed by atoms with Crippen LogP contribution in [-0.4, -0.2) is 19.7 Å². The summed E-state index contributed by atoms with van der Waals surface area (Å²) in [7, 11) is 0. The first kappa shape index (κ1) is 10.9. The Kier molecular flexibility index (Phi) is 4.32. The maximum Gasteiger partial charge on any atom is 0.200 e. The molecule has 0 aliphatic heterocycles. The van der Waals surface area contributed by atoms with E-state index in [9.17, 15) is 8.78 Å². The minimum absolute atomic E-state index is 0.0390. The van der Waals surface area contributed by atoms with Gasteiger partial charge in [0.25, 0.3) is 0 Å². The topological polar surface area (TPSA) is 21.3 Å². The van der Waals surface area contributed by atoms with E-state index in [1.165, 1.54) is 12.1 Å². The molecule has 0 radical (unpaired) electrons. The van der Waals surface area contributed by atoms with Gasteiger partial charge in [-0.1, -0.05) is 13.0 Å². The number of likely N-dealkylation sites (N-methyl/N-ethyl adjacent to an activating group) is 1. The zero-order valence-electron chi connectivity index (χ0n) is 8.02. The highest BCUT2D eigenvalue weighted by Gasteiger charge is 2.07. The van der Waals surface area contributed by atoms with Gasteiger partial charge in [-0.15, -0.1) is 0 Å². The van der Waals surface area contributed by atoms with Crippen LogP contribution in [0.25, 0.3) is 0 Å². The largest absolute Gasteiger partial charge is 0.489 e. The molecule has 14 heavy (non-hydrogen) atoms. The monoisotopic (exact) mass is 201 g/mol. The minimum Gasteiger partial charge on any atom is -0.489 e. The Bertz CT molecular complexity index is 291. The lowest BCUT2D eigenvalue weighted by Crippen LogP contribution is -2.20. The van der Waals surface area contributed by atoms with E-state index >= 15 is 0 Å². The van der Waals surface area contributed by atoms with Gasteiger partial charge in [-0.2, -0.15) is 4.39 Å². The smallest absolute Gasteiger partial charge is 0.200 e. The van der Waals surface area contributed by atoms with Crippen molar-refractivity contribution in [3.8, 4) is 5.75 Å². The zero-order valence-corrected chi connectivity index (χ0v) is 8.02. The highest BCUT2D eigenvalue weighted by molar-refractivity contribution is 5.24. The standard InChI is InChI=1S/C10H13F2NO/c1-2-13-6-7-14-9-5-3-4-8(11)10(9)12/h3-5,13H,2,6-7H2,1H3. The Morgan fingerprint density at radius 3 is 2.86 bits per heavy atom. The van der Waals surface area contributed by atoms with Crippen molar-refractivity contribution in [1.29, 1.82) is 0 Å². The first-order valence-electron chi connectivity index (χ1n) is 4.53. The van der Waals surface area contributed by atoms with Crippen LogP contribution < -0.4 is 10.1 Å². The molecule has 0 spiro atoms. The van der Waals surface area contributed by atoms with Gasteiger partial charge >= 0.3 is 0 Å². The van der Waals surface area contributed by atoms with E-state index in [0.29, 0.717) is 13.2 Å². The normalized spacial score (nSPS) is 10.2. The van der Waals surface area contributed by atoms with E-state index in [4.69, 9.17) is 4.74 Å². The van der Waals surface area contributed by atoms with E-state index in [2.05, 4.69) is 5.32 Å². The van der Waals surface area contributed by atoms with Crippen LogP contribution in [0.5, 0.6) is 5.75 Å². The second-order valence-electron chi connectivity index (χ2n) is 2.75. The summed E-state index contributed by atoms with van der Waals surface area (Å²) >= 11 is 0. The van der Waals surface area contributed by atoms with E-state index in [-0.39, 0.29) is 5.75 Å². The summed E-state index contributed by atoms with van der Waals surface area (Å²) in [6.07, 6.45) is 0. The number of hydrogen-bond acceptors (Lipinski definition) is 2. The van der Waals surface area contributed by atoms with Gasteiger partial charge < -0.3 is 10.1 Å². The molecule has 0 aliphatic rings. The van der Waals surface area contributed by atoms with Crippen LogP contribution in [-0.2, 0) is 0 Å². The van der Waals surface area contributed by atoms with E-state index < -0.39 is 11.6 Å². The van der Waals surface area contributed by atoms with Gasteiger partial charge in [-0.25, -0.2) is 4.39 Å². The molecule has 1 aromatic rings. The van der Waals surface area contributed by atoms with E-state index in [1.54, 1.807) is 0 Å². The van der Waals surface area contributed by atoms with Gasteiger partial charge in [0.05, 0.1) is 0 Å². The fourth-order valence-corrected chi connectivity index (χ4v) is 1.01. The first-order chi connectivity index (χ1) is 6.75. The molecule has 0 aliphatic carbocycles. The number of hydrogen-bond donors (Lipinski definition) is 1. The quantitative estimate of drug-likeness (QED) is 0.735. The Hall–Kier alpha value is -1.16. The molecule has 4 heteroatoms. The Labute approximate surface area is 81.9 Å². The fraction of sp³-hybridized carbons (Fsp3) is 0.400. The average Bonchev–Trinajstić information content (AvgIpc) is 2.19. The van der Waals surface area contributed by atoms with Crippen molar-refractivity contribution >= 4 is 0 Å². The zero-order chi connectivity index (χ0) is 10.4. The Morgan fingerprint density at radius 1 is 1.36 bits per heavy atom. The molecule has 1 rings (SSSR count). The molecule has 0 amide bonds. The predicted octanol–water partition coefficient (Wildman–Crippen LogP) is 1.95. The molecule has 78 valence electrons. The van der Waals surface area contributed by atoms with E-state index in [0.717, 1.165) is 12.6 Å². The molecule has 0 saturated carbocycles. The van der Waals surface area contributed by atoms with Gasteiger partial charge in [0, 0.05) is 6.54 Å². The molecule has 1 aromatic carbocycles. The first-order valence-corrected chi connectivity index (χ1v) is 4.53. The summed E-state index contributed by atoms with van der Waals surface area (Å²) in [4.78, 5) is 0. The van der Waals surface area contributed by atoms with Crippen LogP contribution in [0, 0.1) is 11.6 Å². The third kappa shape index (κ3) is 2.96. The van der Waals surface area contributed by atoms with Crippen LogP contribution in [0.15, 0.2) is 18.2 Å². The number of rotatable bonds is 5. The third-order valence-electron chi connectivity index (χ3n) is 1.70. The molecule has 0 saturated heterocycles. The molecule has 1 N–H and O–H groups in total. The summed E-state index contributed by atoms with van der Waals surface area (Å²) in [6.45, 7) is 3.73. The summed E-state index contributed by atoms with van der Waals surface area (Å²) < 4.78 is 30.7. The second kappa shape index (κ2) is 5.54. The summed E-state index contributed by atoms with van der Waals surface area (Å²) in [5, 5.41) is 3.01. The van der Waals surface area contributed by atoms with Crippen molar-refractivity contribution in [3.63, 3.8) is 0 Å². The van der Waals surface area contributed by atoms with Gasteiger partial charge in [0.2, 0.25) is 5.82 Å². The third-order valence-corrected chi connectivity index (χ3v) is 1.70. The number of benzene rings is 1. The molecule has 0 heterocycles. The number of halogens is 2. The van der Waals surface area contributed by atoms with Crippen molar-refractivity contribution < 1.29 is 13.5 Å². The van der Waals surface area contributed by atoms with Crippen molar-refractivity contribution in [1.82, 2.24) is 5.32 Å². The van der Waals surface area contributed by atoms with Crippen molar-refractivity contribution in [3.05, 3.63) is 29.8 Å². The van der Waals surface area contributed by atoms with Gasteiger partial charge in [0.15, 0.2) is 11.6 Å². The van der Waals surface area contributed by atoms with Gasteiger partial charge in [-0.3, -0.25) is 0 Å². The fourth-order valence-electron chi connectivity index (χ4n) is 1.01. The van der Waals surface area contributed by atoms with Crippen LogP contribution >= 0.6 is 0 Å². The molecule has 0 bridgehead atoms. The highest BCUT2D eigenvalue weighted by Crippen LogP contribution is 2.18. The van der Waals surface area contributed by atoms with E-state index in [1.807, 2.05) is 6.92 Å². The van der Waals surface area contributed by atoms with Crippen LogP contribution in [0.4, 0.5) is 8.78 Å². The molecule has 2 nitrogen and oxygen atoms in total. The van der Waals surface area contributed by atoms with Crippen molar-refractivity contribution in [2.75, 3.05) is 19.7 Å². The van der Waals surface area contributed by atoms with Crippen LogP contribution in [0.2, 0.25) is 0 Å². The van der Waals surface area contributed by atoms with Crippen molar-refractivity contribution in [2.45, 2.75) is 6.92 Å². The van der Waals surface area contributed by atoms with Gasteiger partial charge in [0.1, 0.15) is 6.61 Å². The van der Waals surface area contributed by atoms with Crippen molar-refractivity contribution in [2.24, 2.45) is 0 Å². The molecule has 0 unspecified atom stereocenters. The SMILES string of the molecule is CCNCCOc1cccc(F)c1F. The molecule has 0 atom stereocenters. The molecular weight excluding hydrogens is 188 g/mol. The Morgan fingerprint density at radius 2 is 2.14 bits per heavy atom. The maximum absolute atomic E-state index is 13.0. The molecular formula is C10H13F2NO.